The third-order valence-corrected chi connectivity index (χ3v) is 4.70. The molecule has 1 aliphatic heterocycles. The van der Waals surface area contributed by atoms with Gasteiger partial charge in [-0.25, -0.2) is 9.37 Å². The van der Waals surface area contributed by atoms with Crippen molar-refractivity contribution >= 4 is 34.1 Å². The summed E-state index contributed by atoms with van der Waals surface area (Å²) >= 11 is 1.16. The maximum Gasteiger partial charge on any atom is 0.497 e. The van der Waals surface area contributed by atoms with Crippen molar-refractivity contribution < 1.29 is 13.7 Å². The Hall–Kier alpha value is -0.975. The van der Waals surface area contributed by atoms with Gasteiger partial charge in [0.1, 0.15) is 5.82 Å². The second-order valence-electron chi connectivity index (χ2n) is 5.71. The van der Waals surface area contributed by atoms with E-state index in [2.05, 4.69) is 10.5 Å². The third kappa shape index (κ3) is 1.90. The van der Waals surface area contributed by atoms with Crippen LogP contribution in [0.5, 0.6) is 0 Å². The Kier molecular flexibility index (Phi) is 2.75. The molecule has 0 aliphatic carbocycles. The zero-order valence-electron chi connectivity index (χ0n) is 11.3. The lowest BCUT2D eigenvalue weighted by Gasteiger charge is -2.32. The van der Waals surface area contributed by atoms with E-state index in [1.807, 2.05) is 27.7 Å². The number of halogens is 1. The maximum atomic E-state index is 14.4. The maximum absolute atomic E-state index is 14.4. The quantitative estimate of drug-likeness (QED) is 0.751. The third-order valence-electron chi connectivity index (χ3n) is 3.93. The molecule has 0 saturated carbocycles. The second-order valence-corrected chi connectivity index (χ2v) is 6.51. The van der Waals surface area contributed by atoms with Gasteiger partial charge in [-0.3, -0.25) is 0 Å². The summed E-state index contributed by atoms with van der Waals surface area (Å²) in [7, 11) is -0.684. The van der Waals surface area contributed by atoms with Gasteiger partial charge in [0.15, 0.2) is 5.51 Å². The summed E-state index contributed by atoms with van der Waals surface area (Å²) in [6.45, 7) is 7.79. The van der Waals surface area contributed by atoms with E-state index in [1.165, 1.54) is 0 Å². The first-order valence-corrected chi connectivity index (χ1v) is 6.94. The van der Waals surface area contributed by atoms with Crippen LogP contribution in [0, 0.1) is 11.3 Å². The van der Waals surface area contributed by atoms with Gasteiger partial charge < -0.3 is 9.31 Å². The van der Waals surface area contributed by atoms with E-state index in [0.717, 1.165) is 11.3 Å². The minimum atomic E-state index is -0.684. The number of benzene rings is 1. The van der Waals surface area contributed by atoms with Crippen molar-refractivity contribution in [3.63, 3.8) is 0 Å². The molecule has 0 unspecified atom stereocenters. The van der Waals surface area contributed by atoms with Gasteiger partial charge in [0.2, 0.25) is 0 Å². The van der Waals surface area contributed by atoms with Gasteiger partial charge in [-0.05, 0) is 33.8 Å². The van der Waals surface area contributed by atoms with Crippen LogP contribution in [0.1, 0.15) is 27.7 Å². The summed E-state index contributed by atoms with van der Waals surface area (Å²) in [5.41, 5.74) is 2.79. The minimum Gasteiger partial charge on any atom is -0.399 e. The topological polar surface area (TPSA) is 31.4 Å². The van der Waals surface area contributed by atoms with E-state index in [4.69, 9.17) is 9.31 Å². The van der Waals surface area contributed by atoms with Crippen molar-refractivity contribution in [2.24, 2.45) is 0 Å². The van der Waals surface area contributed by atoms with Gasteiger partial charge in [-0.2, -0.15) is 0 Å². The number of aromatic nitrogens is 1. The van der Waals surface area contributed by atoms with E-state index >= 15 is 0 Å². The van der Waals surface area contributed by atoms with Crippen LogP contribution in [0.3, 0.4) is 0 Å². The largest absolute Gasteiger partial charge is 0.497 e. The van der Waals surface area contributed by atoms with Gasteiger partial charge in [0, 0.05) is 5.46 Å². The zero-order valence-corrected chi connectivity index (χ0v) is 12.1. The van der Waals surface area contributed by atoms with Crippen LogP contribution < -0.4 is 5.46 Å². The molecule has 1 fully saturated rings. The monoisotopic (exact) mass is 278 g/mol. The summed E-state index contributed by atoms with van der Waals surface area (Å²) in [4.78, 5) is 3.98. The Morgan fingerprint density at radius 3 is 2.47 bits per heavy atom. The van der Waals surface area contributed by atoms with Gasteiger partial charge in [0.25, 0.3) is 0 Å². The number of hydrogen-bond acceptors (Lipinski definition) is 4. The van der Waals surface area contributed by atoms with Gasteiger partial charge in [-0.1, -0.05) is 6.07 Å². The van der Waals surface area contributed by atoms with Crippen LogP contribution >= 0.6 is 11.3 Å². The molecule has 1 aliphatic rings. The normalized spacial score (nSPS) is 21.2. The first-order chi connectivity index (χ1) is 8.82. The fraction of sp³-hybridized carbons (Fsp3) is 0.462. The molecule has 0 spiro atoms. The number of thiazole rings is 1. The smallest absolute Gasteiger partial charge is 0.399 e. The highest BCUT2D eigenvalue weighted by Gasteiger charge is 2.52. The van der Waals surface area contributed by atoms with Crippen LogP contribution in [0.25, 0.3) is 10.2 Å². The molecule has 0 amide bonds. The fourth-order valence-corrected chi connectivity index (χ4v) is 2.68. The van der Waals surface area contributed by atoms with Crippen molar-refractivity contribution in [1.29, 1.82) is 0 Å². The molecule has 1 aromatic heterocycles. The highest BCUT2D eigenvalue weighted by Crippen LogP contribution is 2.37. The fourth-order valence-electron chi connectivity index (χ4n) is 2.02. The van der Waals surface area contributed by atoms with Crippen molar-refractivity contribution in [2.75, 3.05) is 0 Å². The van der Waals surface area contributed by atoms with Crippen LogP contribution in [-0.4, -0.2) is 23.3 Å². The molecule has 6 heteroatoms. The van der Waals surface area contributed by atoms with Crippen LogP contribution in [0.2, 0.25) is 0 Å². The van der Waals surface area contributed by atoms with Gasteiger partial charge >= 0.3 is 7.12 Å². The Morgan fingerprint density at radius 2 is 1.84 bits per heavy atom. The summed E-state index contributed by atoms with van der Waals surface area (Å²) in [5.74, 6) is -0.324. The molecule has 99 valence electrons. The van der Waals surface area contributed by atoms with E-state index in [9.17, 15) is 4.39 Å². The number of rotatable bonds is 1. The van der Waals surface area contributed by atoms with E-state index in [-0.39, 0.29) is 5.82 Å². The highest BCUT2D eigenvalue weighted by atomic mass is 32.1. The number of nitrogens with zero attached hydrogens (tertiary/aromatic N) is 1. The molecular formula is C13H14BFNO2S. The molecule has 2 aromatic rings. The Bertz CT molecular complexity index is 625. The predicted octanol–water partition coefficient (Wildman–Crippen LogP) is 2.53. The first kappa shape index (κ1) is 13.0. The van der Waals surface area contributed by atoms with Crippen molar-refractivity contribution in [3.8, 4) is 0 Å². The number of fused-ring (bicyclic) bond motifs is 1. The average molecular weight is 278 g/mol. The standard InChI is InChI=1S/C13H14BFNO2S/c1-12(2)13(3,4)18-14(17-12)8-5-6-9-11(10(8)15)19-7-16-9/h5-6H,1-4H3. The Labute approximate surface area is 115 Å². The Balaban J connectivity index is 2.04. The zero-order chi connectivity index (χ0) is 13.8. The average Bonchev–Trinajstić information content (AvgIpc) is 2.83. The van der Waals surface area contributed by atoms with Crippen molar-refractivity contribution in [2.45, 2.75) is 38.9 Å². The first-order valence-electron chi connectivity index (χ1n) is 6.12. The van der Waals surface area contributed by atoms with Crippen molar-refractivity contribution in [1.82, 2.24) is 4.98 Å². The van der Waals surface area contributed by atoms with E-state index in [1.54, 1.807) is 12.1 Å². The lowest BCUT2D eigenvalue weighted by Crippen LogP contribution is -2.41. The molecule has 3 nitrogen and oxygen atoms in total. The van der Waals surface area contributed by atoms with Gasteiger partial charge in [-0.15, -0.1) is 11.3 Å². The number of hydrogen-bond donors (Lipinski definition) is 0. The SMILES string of the molecule is CC1(C)OB(c2ccc3n[c]sc3c2F)OC1(C)C. The van der Waals surface area contributed by atoms with E-state index < -0.39 is 18.3 Å². The molecule has 0 atom stereocenters. The molecular weight excluding hydrogens is 264 g/mol. The lowest BCUT2D eigenvalue weighted by atomic mass is 9.78. The highest BCUT2D eigenvalue weighted by molar-refractivity contribution is 7.16. The van der Waals surface area contributed by atoms with Crippen molar-refractivity contribution in [3.05, 3.63) is 23.5 Å². The summed E-state index contributed by atoms with van der Waals surface area (Å²) < 4.78 is 26.7. The molecule has 0 bridgehead atoms. The molecule has 1 radical (unpaired) electrons. The van der Waals surface area contributed by atoms with Crippen LogP contribution in [0.15, 0.2) is 12.1 Å². The summed E-state index contributed by atoms with van der Waals surface area (Å²) in [5, 5.41) is 0. The molecule has 1 aromatic carbocycles. The van der Waals surface area contributed by atoms with Crippen LogP contribution in [-0.2, 0) is 9.31 Å². The van der Waals surface area contributed by atoms with Gasteiger partial charge in [0.05, 0.1) is 21.4 Å². The molecule has 3 rings (SSSR count). The van der Waals surface area contributed by atoms with E-state index in [0.29, 0.717) is 15.7 Å². The summed E-state index contributed by atoms with van der Waals surface area (Å²) in [6, 6.07) is 3.44. The molecule has 1 saturated heterocycles. The minimum absolute atomic E-state index is 0.324. The second kappa shape index (κ2) is 4.01. The van der Waals surface area contributed by atoms with Crippen LogP contribution in [0.4, 0.5) is 4.39 Å². The molecule has 0 N–H and O–H groups in total. The summed E-state index contributed by atoms with van der Waals surface area (Å²) in [6.07, 6.45) is 0. The Morgan fingerprint density at radius 1 is 1.21 bits per heavy atom. The molecule has 19 heavy (non-hydrogen) atoms. The lowest BCUT2D eigenvalue weighted by molar-refractivity contribution is 0.00578. The molecule has 2 heterocycles. The predicted molar refractivity (Wildman–Crippen MR) is 74.1 cm³/mol.